The highest BCUT2D eigenvalue weighted by atomic mass is 19.4. The van der Waals surface area contributed by atoms with Crippen molar-refractivity contribution in [1.82, 2.24) is 15.1 Å². The zero-order chi connectivity index (χ0) is 33.9. The van der Waals surface area contributed by atoms with E-state index < -0.39 is 43.0 Å². The smallest absolute Gasteiger partial charge is 0.389 e. The lowest BCUT2D eigenvalue weighted by Gasteiger charge is -2.36. The number of nitrogens with zero attached hydrogens (tertiary/aromatic N) is 2. The maximum Gasteiger partial charge on any atom is 0.389 e. The molecule has 1 aromatic rings. The van der Waals surface area contributed by atoms with Crippen molar-refractivity contribution in [3.05, 3.63) is 23.8 Å². The predicted molar refractivity (Wildman–Crippen MR) is 169 cm³/mol. The molecule has 1 fully saturated rings. The Bertz CT molecular complexity index is 1150. The maximum absolute atomic E-state index is 14.2. The summed E-state index contributed by atoms with van der Waals surface area (Å²) in [5.41, 5.74) is 0.645. The average Bonchev–Trinajstić information content (AvgIpc) is 3.01. The highest BCUT2D eigenvalue weighted by Gasteiger charge is 2.32. The summed E-state index contributed by atoms with van der Waals surface area (Å²) in [5, 5.41) is 16.0. The first-order valence-corrected chi connectivity index (χ1v) is 16.5. The minimum atomic E-state index is -4.43. The molecule has 0 spiro atoms. The van der Waals surface area contributed by atoms with Gasteiger partial charge in [0.15, 0.2) is 0 Å². The Hall–Kier alpha value is -3.06. The molecule has 3 rings (SSSR count). The number of fused-ring (bicyclic) bond motifs is 1. The van der Waals surface area contributed by atoms with Crippen LogP contribution in [0.2, 0.25) is 0 Å². The third kappa shape index (κ3) is 11.9. The van der Waals surface area contributed by atoms with E-state index in [-0.39, 0.29) is 49.4 Å². The van der Waals surface area contributed by atoms with E-state index in [1.807, 2.05) is 13.8 Å². The molecule has 4 amide bonds. The molecular formula is C33H51F3N4O6. The Morgan fingerprint density at radius 1 is 1.11 bits per heavy atom. The molecule has 1 aliphatic carbocycles. The number of benzene rings is 1. The molecule has 2 aliphatic rings. The molecule has 10 nitrogen and oxygen atoms in total. The Morgan fingerprint density at radius 2 is 1.80 bits per heavy atom. The number of anilines is 1. The van der Waals surface area contributed by atoms with Gasteiger partial charge < -0.3 is 35.0 Å². The summed E-state index contributed by atoms with van der Waals surface area (Å²) in [6, 6.07) is 4.10. The van der Waals surface area contributed by atoms with Crippen LogP contribution < -0.4 is 15.4 Å². The molecule has 4 atom stereocenters. The minimum Gasteiger partial charge on any atom is -0.490 e. The normalized spacial score (nSPS) is 23.0. The van der Waals surface area contributed by atoms with Gasteiger partial charge in [-0.15, -0.1) is 0 Å². The molecule has 1 aromatic carbocycles. The van der Waals surface area contributed by atoms with Gasteiger partial charge in [0.2, 0.25) is 5.91 Å². The zero-order valence-corrected chi connectivity index (χ0v) is 27.5. The quantitative estimate of drug-likeness (QED) is 0.329. The summed E-state index contributed by atoms with van der Waals surface area (Å²) >= 11 is 0. The molecular weight excluding hydrogens is 605 g/mol. The number of hydrogen-bond acceptors (Lipinski definition) is 6. The number of rotatable bonds is 8. The number of carbonyl (C=O) groups is 3. The van der Waals surface area contributed by atoms with Crippen LogP contribution in [0.25, 0.3) is 0 Å². The lowest BCUT2D eigenvalue weighted by atomic mass is 9.96. The number of amides is 4. The lowest BCUT2D eigenvalue weighted by Crippen LogP contribution is -2.48. The number of carbonyl (C=O) groups excluding carboxylic acids is 3. The van der Waals surface area contributed by atoms with Gasteiger partial charge in [0.25, 0.3) is 5.91 Å². The van der Waals surface area contributed by atoms with E-state index in [2.05, 4.69) is 10.6 Å². The molecule has 1 aliphatic heterocycles. The predicted octanol–water partition coefficient (Wildman–Crippen LogP) is 5.74. The van der Waals surface area contributed by atoms with Crippen LogP contribution >= 0.6 is 0 Å². The second-order valence-corrected chi connectivity index (χ2v) is 12.8. The standard InChI is InChI=1S/C33H51F3N4O6/c1-22-19-40(23(2)21-41)31(43)27-18-26(38-32(44)37-25-11-6-5-7-12-25)13-14-28(27)46-24(3)10-8-9-17-45-29(22)20-39(4)30(42)15-16-33(34,35)36/h13-14,18,22-25,29,41H,5-12,15-17,19-21H2,1-4H3,(H2,37,38,44)/t22-,23+,24-,29-/m0/s1. The first-order valence-electron chi connectivity index (χ1n) is 16.5. The van der Waals surface area contributed by atoms with Gasteiger partial charge in [-0.1, -0.05) is 26.2 Å². The molecule has 13 heteroatoms. The van der Waals surface area contributed by atoms with Gasteiger partial charge >= 0.3 is 12.2 Å². The molecule has 0 unspecified atom stereocenters. The molecule has 0 radical (unpaired) electrons. The number of hydrogen-bond donors (Lipinski definition) is 3. The number of ether oxygens (including phenoxy) is 2. The van der Waals surface area contributed by atoms with Crippen molar-refractivity contribution in [3.8, 4) is 5.75 Å². The molecule has 0 aromatic heterocycles. The first kappa shape index (κ1) is 37.4. The van der Waals surface area contributed by atoms with Crippen LogP contribution in [0.4, 0.5) is 23.7 Å². The van der Waals surface area contributed by atoms with E-state index in [1.54, 1.807) is 25.1 Å². The molecule has 1 saturated carbocycles. The van der Waals surface area contributed by atoms with Gasteiger partial charge in [0.1, 0.15) is 5.75 Å². The van der Waals surface area contributed by atoms with Crippen LogP contribution in [0.1, 0.15) is 95.3 Å². The van der Waals surface area contributed by atoms with Crippen molar-refractivity contribution in [2.45, 2.75) is 115 Å². The molecule has 1 heterocycles. The molecule has 46 heavy (non-hydrogen) atoms. The van der Waals surface area contributed by atoms with Crippen LogP contribution in [0.15, 0.2) is 18.2 Å². The van der Waals surface area contributed by atoms with Crippen molar-refractivity contribution in [2.75, 3.05) is 38.7 Å². The third-order valence-electron chi connectivity index (χ3n) is 8.75. The van der Waals surface area contributed by atoms with Gasteiger partial charge in [-0.2, -0.15) is 13.2 Å². The van der Waals surface area contributed by atoms with Gasteiger partial charge in [0, 0.05) is 50.8 Å². The maximum atomic E-state index is 14.2. The van der Waals surface area contributed by atoms with Gasteiger partial charge in [-0.25, -0.2) is 4.79 Å². The van der Waals surface area contributed by atoms with E-state index in [9.17, 15) is 32.7 Å². The Labute approximate surface area is 270 Å². The van der Waals surface area contributed by atoms with Gasteiger partial charge in [0.05, 0.1) is 36.8 Å². The number of alkyl halides is 3. The fourth-order valence-electron chi connectivity index (χ4n) is 5.87. The number of aliphatic hydroxyl groups excluding tert-OH is 1. The van der Waals surface area contributed by atoms with Crippen LogP contribution in [0, 0.1) is 5.92 Å². The monoisotopic (exact) mass is 656 g/mol. The topological polar surface area (TPSA) is 120 Å². The Kier molecular flexibility index (Phi) is 14.4. The number of urea groups is 1. The summed E-state index contributed by atoms with van der Waals surface area (Å²) in [6.45, 7) is 5.68. The van der Waals surface area contributed by atoms with E-state index in [0.717, 1.165) is 38.5 Å². The molecule has 260 valence electrons. The van der Waals surface area contributed by atoms with Crippen molar-refractivity contribution >= 4 is 23.5 Å². The summed E-state index contributed by atoms with van der Waals surface area (Å²) in [5.74, 6) is -1.06. The van der Waals surface area contributed by atoms with Crippen LogP contribution in [-0.4, -0.2) is 96.6 Å². The first-order chi connectivity index (χ1) is 21.8. The summed E-state index contributed by atoms with van der Waals surface area (Å²) < 4.78 is 50.6. The second-order valence-electron chi connectivity index (χ2n) is 12.8. The third-order valence-corrected chi connectivity index (χ3v) is 8.75. The number of halogens is 3. The number of nitrogens with one attached hydrogen (secondary N) is 2. The van der Waals surface area contributed by atoms with E-state index >= 15 is 0 Å². The van der Waals surface area contributed by atoms with Crippen LogP contribution in [0.5, 0.6) is 5.75 Å². The Morgan fingerprint density at radius 3 is 2.48 bits per heavy atom. The van der Waals surface area contributed by atoms with Crippen molar-refractivity contribution in [1.29, 1.82) is 0 Å². The minimum absolute atomic E-state index is 0.0493. The zero-order valence-electron chi connectivity index (χ0n) is 27.5. The van der Waals surface area contributed by atoms with E-state index in [4.69, 9.17) is 9.47 Å². The van der Waals surface area contributed by atoms with E-state index in [1.165, 1.54) is 16.8 Å². The summed E-state index contributed by atoms with van der Waals surface area (Å²) in [4.78, 5) is 42.3. The number of aliphatic hydroxyl groups is 1. The number of likely N-dealkylation sites (N-methyl/N-ethyl adjacent to an activating group) is 1. The van der Waals surface area contributed by atoms with Crippen molar-refractivity contribution in [3.63, 3.8) is 0 Å². The second kappa shape index (κ2) is 17.7. The van der Waals surface area contributed by atoms with E-state index in [0.29, 0.717) is 30.9 Å². The van der Waals surface area contributed by atoms with Gasteiger partial charge in [-0.3, -0.25) is 9.59 Å². The largest absolute Gasteiger partial charge is 0.490 e. The van der Waals surface area contributed by atoms with Crippen LogP contribution in [0.3, 0.4) is 0 Å². The highest BCUT2D eigenvalue weighted by Crippen LogP contribution is 2.29. The summed E-state index contributed by atoms with van der Waals surface area (Å²) in [6.07, 6.45) is 0.193. The fraction of sp³-hybridized carbons (Fsp3) is 0.727. The molecule has 3 N–H and O–H groups in total. The molecule has 0 bridgehead atoms. The SMILES string of the molecule is C[C@H](CO)N1C[C@H](C)[C@H](CN(C)C(=O)CCC(F)(F)F)OCCCC[C@H](C)Oc2ccc(NC(=O)NC3CCCCC3)cc2C1=O. The van der Waals surface area contributed by atoms with Crippen molar-refractivity contribution in [2.24, 2.45) is 5.92 Å². The lowest BCUT2D eigenvalue weighted by molar-refractivity contribution is -0.149. The fourth-order valence-corrected chi connectivity index (χ4v) is 5.87. The van der Waals surface area contributed by atoms with Crippen LogP contribution in [-0.2, 0) is 9.53 Å². The van der Waals surface area contributed by atoms with Gasteiger partial charge in [-0.05, 0) is 64.2 Å². The molecule has 0 saturated heterocycles. The van der Waals surface area contributed by atoms with Crippen molar-refractivity contribution < 1.29 is 42.1 Å². The summed E-state index contributed by atoms with van der Waals surface area (Å²) in [7, 11) is 1.45. The average molecular weight is 657 g/mol. The highest BCUT2D eigenvalue weighted by molar-refractivity contribution is 5.99. The Balaban J connectivity index is 1.86.